The van der Waals surface area contributed by atoms with E-state index in [-0.39, 0.29) is 12.6 Å². The Morgan fingerprint density at radius 1 is 1.09 bits per heavy atom. The van der Waals surface area contributed by atoms with Gasteiger partial charge in [0.15, 0.2) is 11.5 Å². The highest BCUT2D eigenvalue weighted by atomic mass is 32.1. The van der Waals surface area contributed by atoms with Crippen LogP contribution in [0.5, 0.6) is 11.5 Å². The number of ether oxygens (including phenoxy) is 2. The number of benzene rings is 2. The van der Waals surface area contributed by atoms with Crippen LogP contribution < -0.4 is 15.2 Å². The molecule has 0 bridgehead atoms. The number of rotatable bonds is 1. The molecule has 1 aliphatic rings. The third-order valence-electron chi connectivity index (χ3n) is 3.52. The summed E-state index contributed by atoms with van der Waals surface area (Å²) < 4.78 is 11.7. The lowest BCUT2D eigenvalue weighted by atomic mass is 10.1. The first-order chi connectivity index (χ1) is 11.2. The van der Waals surface area contributed by atoms with Gasteiger partial charge in [-0.1, -0.05) is 24.0 Å². The van der Waals surface area contributed by atoms with Crippen molar-refractivity contribution in [3.8, 4) is 23.3 Å². The van der Waals surface area contributed by atoms with Crippen molar-refractivity contribution in [1.82, 2.24) is 0 Å². The number of amidine groups is 1. The Labute approximate surface area is 137 Å². The molecule has 0 radical (unpaired) electrons. The van der Waals surface area contributed by atoms with Gasteiger partial charge in [-0.05, 0) is 35.7 Å². The highest BCUT2D eigenvalue weighted by Gasteiger charge is 2.12. The topological polar surface area (TPSA) is 68.3 Å². The number of hydrogen-bond donors (Lipinski definition) is 2. The summed E-state index contributed by atoms with van der Waals surface area (Å²) in [6, 6.07) is 13.5. The average molecular weight is 320 g/mol. The van der Waals surface area contributed by atoms with Crippen LogP contribution in [0.3, 0.4) is 0 Å². The highest BCUT2D eigenvalue weighted by molar-refractivity contribution is 7.21. The molecule has 0 spiro atoms. The smallest absolute Gasteiger partial charge is 0.231 e. The Bertz CT molecular complexity index is 995. The number of nitrogen functional groups attached to an aromatic ring is 1. The number of nitrogens with one attached hydrogen (secondary N) is 1. The summed E-state index contributed by atoms with van der Waals surface area (Å²) in [5, 5.41) is 8.63. The van der Waals surface area contributed by atoms with Crippen molar-refractivity contribution in [3.63, 3.8) is 0 Å². The zero-order chi connectivity index (χ0) is 15.8. The molecule has 0 saturated carbocycles. The van der Waals surface area contributed by atoms with Gasteiger partial charge in [0.1, 0.15) is 5.84 Å². The first-order valence-corrected chi connectivity index (χ1v) is 7.81. The first-order valence-electron chi connectivity index (χ1n) is 6.99. The zero-order valence-corrected chi connectivity index (χ0v) is 12.9. The monoisotopic (exact) mass is 320 g/mol. The molecule has 2 aromatic carbocycles. The van der Waals surface area contributed by atoms with Crippen LogP contribution in [0.2, 0.25) is 0 Å². The second kappa shape index (κ2) is 5.34. The lowest BCUT2D eigenvalue weighted by Crippen LogP contribution is -2.08. The van der Waals surface area contributed by atoms with E-state index in [1.807, 2.05) is 42.5 Å². The number of thiophene rings is 1. The molecule has 2 heterocycles. The molecule has 0 saturated heterocycles. The third kappa shape index (κ3) is 2.50. The average Bonchev–Trinajstić information content (AvgIpc) is 3.18. The molecule has 4 nitrogen and oxygen atoms in total. The van der Waals surface area contributed by atoms with Gasteiger partial charge in [-0.25, -0.2) is 0 Å². The maximum absolute atomic E-state index is 7.57. The molecule has 23 heavy (non-hydrogen) atoms. The summed E-state index contributed by atoms with van der Waals surface area (Å²) in [7, 11) is 0. The van der Waals surface area contributed by atoms with Gasteiger partial charge in [-0.15, -0.1) is 11.3 Å². The second-order valence-corrected chi connectivity index (χ2v) is 6.12. The normalized spacial score (nSPS) is 12.0. The number of nitrogens with two attached hydrogens (primary N) is 1. The Kier molecular flexibility index (Phi) is 3.18. The molecule has 1 aliphatic heterocycles. The van der Waals surface area contributed by atoms with Gasteiger partial charge in [0.25, 0.3) is 0 Å². The zero-order valence-electron chi connectivity index (χ0n) is 12.1. The minimum absolute atomic E-state index is 0.0841. The maximum atomic E-state index is 7.57. The van der Waals surface area contributed by atoms with Crippen molar-refractivity contribution in [2.24, 2.45) is 5.73 Å². The Hall–Kier alpha value is -2.97. The van der Waals surface area contributed by atoms with Crippen LogP contribution in [0.1, 0.15) is 16.0 Å². The molecule has 0 unspecified atom stereocenters. The van der Waals surface area contributed by atoms with Gasteiger partial charge in [-0.2, -0.15) is 0 Å². The van der Waals surface area contributed by atoms with Gasteiger partial charge in [0.2, 0.25) is 6.79 Å². The van der Waals surface area contributed by atoms with Crippen molar-refractivity contribution in [2.45, 2.75) is 0 Å². The van der Waals surface area contributed by atoms with E-state index in [1.54, 1.807) is 0 Å². The van der Waals surface area contributed by atoms with E-state index in [9.17, 15) is 0 Å². The Morgan fingerprint density at radius 2 is 1.96 bits per heavy atom. The SMILES string of the molecule is N=C(N)c1cc2cccc(C#Cc3ccc4c(c3)OCO4)c2s1. The second-order valence-electron chi connectivity index (χ2n) is 5.07. The van der Waals surface area contributed by atoms with Crippen LogP contribution in [-0.4, -0.2) is 12.6 Å². The van der Waals surface area contributed by atoms with E-state index in [0.29, 0.717) is 0 Å². The minimum Gasteiger partial charge on any atom is -0.454 e. The molecule has 3 aromatic rings. The highest BCUT2D eigenvalue weighted by Crippen LogP contribution is 2.32. The molecule has 5 heteroatoms. The van der Waals surface area contributed by atoms with E-state index in [1.165, 1.54) is 11.3 Å². The van der Waals surface area contributed by atoms with E-state index >= 15 is 0 Å². The van der Waals surface area contributed by atoms with Gasteiger partial charge >= 0.3 is 0 Å². The number of hydrogen-bond acceptors (Lipinski definition) is 4. The maximum Gasteiger partial charge on any atom is 0.231 e. The lowest BCUT2D eigenvalue weighted by molar-refractivity contribution is 0.174. The van der Waals surface area contributed by atoms with E-state index < -0.39 is 0 Å². The van der Waals surface area contributed by atoms with Crippen molar-refractivity contribution < 1.29 is 9.47 Å². The predicted molar refractivity (Wildman–Crippen MR) is 91.4 cm³/mol. The molecule has 0 fully saturated rings. The number of fused-ring (bicyclic) bond motifs is 2. The fraction of sp³-hybridized carbons (Fsp3) is 0.0556. The molecule has 0 aliphatic carbocycles. The summed E-state index contributed by atoms with van der Waals surface area (Å²) in [5.74, 6) is 7.92. The van der Waals surface area contributed by atoms with Gasteiger partial charge in [-0.3, -0.25) is 5.41 Å². The van der Waals surface area contributed by atoms with Crippen LogP contribution in [0.25, 0.3) is 10.1 Å². The van der Waals surface area contributed by atoms with Crippen molar-refractivity contribution in [1.29, 1.82) is 5.41 Å². The van der Waals surface area contributed by atoms with Crippen molar-refractivity contribution in [2.75, 3.05) is 6.79 Å². The van der Waals surface area contributed by atoms with Crippen molar-refractivity contribution in [3.05, 3.63) is 58.5 Å². The van der Waals surface area contributed by atoms with Gasteiger partial charge in [0.05, 0.1) is 9.58 Å². The fourth-order valence-electron chi connectivity index (χ4n) is 2.41. The Morgan fingerprint density at radius 3 is 2.83 bits per heavy atom. The minimum atomic E-state index is 0.0841. The molecular formula is C18H12N2O2S. The summed E-state index contributed by atoms with van der Waals surface area (Å²) in [5.41, 5.74) is 7.38. The largest absolute Gasteiger partial charge is 0.454 e. The predicted octanol–water partition coefficient (Wildman–Crippen LogP) is 3.31. The molecule has 1 aromatic heterocycles. The van der Waals surface area contributed by atoms with Crippen LogP contribution in [-0.2, 0) is 0 Å². The van der Waals surface area contributed by atoms with E-state index in [4.69, 9.17) is 20.6 Å². The molecule has 4 rings (SSSR count). The molecule has 112 valence electrons. The van der Waals surface area contributed by atoms with Crippen LogP contribution in [0.4, 0.5) is 0 Å². The fourth-order valence-corrected chi connectivity index (χ4v) is 3.40. The molecule has 0 amide bonds. The molecule has 0 atom stereocenters. The van der Waals surface area contributed by atoms with Crippen LogP contribution in [0.15, 0.2) is 42.5 Å². The van der Waals surface area contributed by atoms with Crippen LogP contribution >= 0.6 is 11.3 Å². The van der Waals surface area contributed by atoms with E-state index in [0.717, 1.165) is 37.6 Å². The lowest BCUT2D eigenvalue weighted by Gasteiger charge is -1.96. The van der Waals surface area contributed by atoms with Gasteiger partial charge < -0.3 is 15.2 Å². The first kappa shape index (κ1) is 13.7. The summed E-state index contributed by atoms with van der Waals surface area (Å²) in [6.45, 7) is 0.258. The van der Waals surface area contributed by atoms with E-state index in [2.05, 4.69) is 11.8 Å². The van der Waals surface area contributed by atoms with Crippen molar-refractivity contribution >= 4 is 27.3 Å². The third-order valence-corrected chi connectivity index (χ3v) is 4.74. The summed E-state index contributed by atoms with van der Waals surface area (Å²) >= 11 is 1.49. The quantitative estimate of drug-likeness (QED) is 0.410. The Balaban J connectivity index is 1.75. The van der Waals surface area contributed by atoms with Gasteiger partial charge in [0, 0.05) is 11.1 Å². The molecular weight excluding hydrogens is 308 g/mol. The standard InChI is InChI=1S/C18H12N2O2S/c19-18(20)16-9-13-3-1-2-12(17(13)23-16)6-4-11-5-7-14-15(8-11)22-10-21-14/h1-3,5,7-9H,10H2,(H3,19,20). The van der Waals surface area contributed by atoms with Crippen LogP contribution in [0, 0.1) is 17.3 Å². The summed E-state index contributed by atoms with van der Waals surface area (Å²) in [4.78, 5) is 0.761. The summed E-state index contributed by atoms with van der Waals surface area (Å²) in [6.07, 6.45) is 0. The molecule has 3 N–H and O–H groups in total.